The summed E-state index contributed by atoms with van der Waals surface area (Å²) in [6.45, 7) is 1.13. The van der Waals surface area contributed by atoms with Gasteiger partial charge < -0.3 is 9.64 Å². The number of aromatic nitrogens is 4. The van der Waals surface area contributed by atoms with E-state index in [1.165, 1.54) is 30.9 Å². The first-order valence-corrected chi connectivity index (χ1v) is 9.01. The molecule has 1 aliphatic rings. The van der Waals surface area contributed by atoms with E-state index >= 15 is 0 Å². The lowest BCUT2D eigenvalue weighted by Gasteiger charge is -2.31. The molecular weight excluding hydrogens is 361 g/mol. The number of halogens is 1. The van der Waals surface area contributed by atoms with Crippen LogP contribution >= 0.6 is 0 Å². The molecule has 1 aromatic carbocycles. The number of nitrogens with zero attached hydrogens (tertiary/aromatic N) is 5. The van der Waals surface area contributed by atoms with Crippen LogP contribution < -0.4 is 4.74 Å². The molecule has 28 heavy (non-hydrogen) atoms. The Bertz CT molecular complexity index is 962. The predicted octanol–water partition coefficient (Wildman–Crippen LogP) is 3.22. The lowest BCUT2D eigenvalue weighted by atomic mass is 9.93. The van der Waals surface area contributed by atoms with E-state index in [1.54, 1.807) is 29.3 Å². The molecule has 3 aromatic rings. The van der Waals surface area contributed by atoms with Crippen LogP contribution in [0.5, 0.6) is 11.6 Å². The highest BCUT2D eigenvalue weighted by molar-refractivity contribution is 5.92. The van der Waals surface area contributed by atoms with Gasteiger partial charge in [0.25, 0.3) is 5.91 Å². The number of piperidine rings is 1. The van der Waals surface area contributed by atoms with Crippen molar-refractivity contribution in [2.24, 2.45) is 0 Å². The molecule has 0 spiro atoms. The van der Waals surface area contributed by atoms with Crippen molar-refractivity contribution in [3.8, 4) is 11.6 Å². The Labute approximate surface area is 161 Å². The fraction of sp³-hybridized carbons (Fsp3) is 0.250. The molecule has 0 atom stereocenters. The van der Waals surface area contributed by atoms with Gasteiger partial charge in [-0.05, 0) is 25.0 Å². The number of rotatable bonds is 4. The van der Waals surface area contributed by atoms with Gasteiger partial charge in [-0.3, -0.25) is 14.8 Å². The Hall–Kier alpha value is -3.42. The molecule has 1 amide bonds. The molecule has 8 heteroatoms. The number of hydrogen-bond donors (Lipinski definition) is 0. The minimum absolute atomic E-state index is 0.0707. The normalized spacial score (nSPS) is 14.7. The summed E-state index contributed by atoms with van der Waals surface area (Å²) in [5, 5.41) is 0. The Morgan fingerprint density at radius 3 is 2.54 bits per heavy atom. The van der Waals surface area contributed by atoms with Crippen LogP contribution in [0.15, 0.2) is 55.2 Å². The third kappa shape index (κ3) is 3.80. The second-order valence-corrected chi connectivity index (χ2v) is 6.44. The number of carbonyl (C=O) groups excluding carboxylic acids is 1. The first-order valence-electron chi connectivity index (χ1n) is 9.01. The number of ether oxygens (including phenoxy) is 1. The van der Waals surface area contributed by atoms with Crippen molar-refractivity contribution in [1.82, 2.24) is 24.8 Å². The third-order valence-electron chi connectivity index (χ3n) is 4.69. The van der Waals surface area contributed by atoms with Crippen molar-refractivity contribution >= 4 is 5.91 Å². The SMILES string of the molecule is O=C(c1cnccn1)N1CCC(c2nccnc2Oc2ccccc2F)CC1. The van der Waals surface area contributed by atoms with Crippen LogP contribution in [-0.2, 0) is 0 Å². The minimum atomic E-state index is -0.455. The van der Waals surface area contributed by atoms with Gasteiger partial charge in [0.1, 0.15) is 11.4 Å². The average Bonchev–Trinajstić information content (AvgIpc) is 2.76. The largest absolute Gasteiger partial charge is 0.434 e. The monoisotopic (exact) mass is 379 g/mol. The van der Waals surface area contributed by atoms with Crippen molar-refractivity contribution in [2.75, 3.05) is 13.1 Å². The van der Waals surface area contributed by atoms with E-state index in [2.05, 4.69) is 19.9 Å². The summed E-state index contributed by atoms with van der Waals surface area (Å²) in [5.41, 5.74) is 1.02. The standard InChI is InChI=1S/C20H18FN5O2/c21-15-3-1-2-4-17(15)28-19-18(24-9-10-25-19)14-5-11-26(12-6-14)20(27)16-13-22-7-8-23-16/h1-4,7-10,13-14H,5-6,11-12H2. The molecule has 0 unspecified atom stereocenters. The summed E-state index contributed by atoms with van der Waals surface area (Å²) in [6, 6.07) is 6.19. The maximum Gasteiger partial charge on any atom is 0.274 e. The van der Waals surface area contributed by atoms with E-state index in [4.69, 9.17) is 4.74 Å². The summed E-state index contributed by atoms with van der Waals surface area (Å²) in [7, 11) is 0. The Morgan fingerprint density at radius 1 is 1.04 bits per heavy atom. The summed E-state index contributed by atoms with van der Waals surface area (Å²) < 4.78 is 19.6. The molecule has 142 valence electrons. The number of amides is 1. The van der Waals surface area contributed by atoms with Crippen LogP contribution in [0, 0.1) is 5.82 Å². The van der Waals surface area contributed by atoms with Crippen LogP contribution in [0.2, 0.25) is 0 Å². The fourth-order valence-corrected chi connectivity index (χ4v) is 3.25. The zero-order chi connectivity index (χ0) is 19.3. The Morgan fingerprint density at radius 2 is 1.79 bits per heavy atom. The lowest BCUT2D eigenvalue weighted by Crippen LogP contribution is -2.38. The van der Waals surface area contributed by atoms with E-state index in [-0.39, 0.29) is 17.6 Å². The van der Waals surface area contributed by atoms with E-state index in [1.807, 2.05) is 0 Å². The number of hydrogen-bond acceptors (Lipinski definition) is 6. The van der Waals surface area contributed by atoms with Gasteiger partial charge in [-0.2, -0.15) is 0 Å². The smallest absolute Gasteiger partial charge is 0.274 e. The number of carbonyl (C=O) groups is 1. The van der Waals surface area contributed by atoms with Crippen LogP contribution in [-0.4, -0.2) is 43.8 Å². The van der Waals surface area contributed by atoms with Crippen molar-refractivity contribution in [3.05, 3.63) is 72.5 Å². The first-order chi connectivity index (χ1) is 13.7. The van der Waals surface area contributed by atoms with Crippen LogP contribution in [0.1, 0.15) is 34.9 Å². The first kappa shape index (κ1) is 18.0. The Kier molecular flexibility index (Phi) is 5.18. The summed E-state index contributed by atoms with van der Waals surface area (Å²) >= 11 is 0. The topological polar surface area (TPSA) is 81.1 Å². The molecule has 1 aliphatic heterocycles. The highest BCUT2D eigenvalue weighted by atomic mass is 19.1. The van der Waals surface area contributed by atoms with Crippen molar-refractivity contribution in [3.63, 3.8) is 0 Å². The number of likely N-dealkylation sites (tertiary alicyclic amines) is 1. The molecule has 4 rings (SSSR count). The second kappa shape index (κ2) is 8.08. The molecule has 3 heterocycles. The maximum absolute atomic E-state index is 13.9. The van der Waals surface area contributed by atoms with Gasteiger partial charge in [0.2, 0.25) is 5.88 Å². The van der Waals surface area contributed by atoms with Gasteiger partial charge in [-0.15, -0.1) is 0 Å². The van der Waals surface area contributed by atoms with Crippen molar-refractivity contribution in [1.29, 1.82) is 0 Å². The zero-order valence-electron chi connectivity index (χ0n) is 15.0. The van der Waals surface area contributed by atoms with E-state index in [0.717, 1.165) is 0 Å². The Balaban J connectivity index is 1.47. The molecule has 0 radical (unpaired) electrons. The second-order valence-electron chi connectivity index (χ2n) is 6.44. The molecule has 7 nitrogen and oxygen atoms in total. The van der Waals surface area contributed by atoms with Gasteiger partial charge in [0, 0.05) is 43.8 Å². The van der Waals surface area contributed by atoms with Gasteiger partial charge >= 0.3 is 0 Å². The summed E-state index contributed by atoms with van der Waals surface area (Å²) in [4.78, 5) is 31.0. The number of benzene rings is 1. The molecule has 0 aliphatic carbocycles. The highest BCUT2D eigenvalue weighted by Gasteiger charge is 2.28. The molecule has 1 saturated heterocycles. The summed E-state index contributed by atoms with van der Waals surface area (Å²) in [6.07, 6.45) is 9.04. The van der Waals surface area contributed by atoms with Gasteiger partial charge in [0.05, 0.1) is 6.20 Å². The van der Waals surface area contributed by atoms with E-state index in [0.29, 0.717) is 43.2 Å². The molecule has 0 N–H and O–H groups in total. The van der Waals surface area contributed by atoms with Gasteiger partial charge in [-0.25, -0.2) is 14.4 Å². The average molecular weight is 379 g/mol. The summed E-state index contributed by atoms with van der Waals surface area (Å²) in [5.74, 6) is -0.107. The van der Waals surface area contributed by atoms with Gasteiger partial charge in [-0.1, -0.05) is 12.1 Å². The minimum Gasteiger partial charge on any atom is -0.434 e. The van der Waals surface area contributed by atoms with Crippen LogP contribution in [0.3, 0.4) is 0 Å². The maximum atomic E-state index is 13.9. The fourth-order valence-electron chi connectivity index (χ4n) is 3.25. The van der Waals surface area contributed by atoms with Crippen molar-refractivity contribution < 1.29 is 13.9 Å². The molecule has 0 bridgehead atoms. The van der Waals surface area contributed by atoms with Crippen LogP contribution in [0.4, 0.5) is 4.39 Å². The molecule has 1 fully saturated rings. The molecular formula is C20H18FN5O2. The third-order valence-corrected chi connectivity index (χ3v) is 4.69. The lowest BCUT2D eigenvalue weighted by molar-refractivity contribution is 0.0705. The van der Waals surface area contributed by atoms with E-state index in [9.17, 15) is 9.18 Å². The molecule has 2 aromatic heterocycles. The van der Waals surface area contributed by atoms with Gasteiger partial charge in [0.15, 0.2) is 11.6 Å². The zero-order valence-corrected chi connectivity index (χ0v) is 15.0. The quantitative estimate of drug-likeness (QED) is 0.692. The number of para-hydroxylation sites is 1. The van der Waals surface area contributed by atoms with Crippen molar-refractivity contribution in [2.45, 2.75) is 18.8 Å². The predicted molar refractivity (Wildman–Crippen MR) is 98.4 cm³/mol. The highest BCUT2D eigenvalue weighted by Crippen LogP contribution is 2.34. The molecule has 0 saturated carbocycles. The van der Waals surface area contributed by atoms with E-state index < -0.39 is 5.82 Å². The van der Waals surface area contributed by atoms with Crippen LogP contribution in [0.25, 0.3) is 0 Å².